The molecule has 6 heteroatoms. The molecule has 1 atom stereocenters. The molecule has 2 aromatic carbocycles. The number of rotatable bonds is 9. The maximum atomic E-state index is 5.31. The predicted molar refractivity (Wildman–Crippen MR) is 130 cm³/mol. The molecular weight excluding hydrogens is 404 g/mol. The van der Waals surface area contributed by atoms with E-state index in [9.17, 15) is 0 Å². The smallest absolute Gasteiger partial charge is 0.138 e. The SMILES string of the molecule is CCN(CC)[C@H](CNc1ncnc2scc(-c3ccc(OC)cc3)c12)c1ccccc1. The molecule has 0 bridgehead atoms. The Bertz CT molecular complexity index is 1110. The van der Waals surface area contributed by atoms with Gasteiger partial charge in [0.1, 0.15) is 22.7 Å². The van der Waals surface area contributed by atoms with Gasteiger partial charge in [0.05, 0.1) is 18.5 Å². The Morgan fingerprint density at radius 1 is 1.00 bits per heavy atom. The fraction of sp³-hybridized carbons (Fsp3) is 0.280. The van der Waals surface area contributed by atoms with Crippen LogP contribution in [-0.4, -0.2) is 41.6 Å². The van der Waals surface area contributed by atoms with Gasteiger partial charge in [0, 0.05) is 17.5 Å². The molecule has 2 aromatic heterocycles. The average molecular weight is 433 g/mol. The highest BCUT2D eigenvalue weighted by Crippen LogP contribution is 2.37. The molecule has 160 valence electrons. The van der Waals surface area contributed by atoms with E-state index in [1.807, 2.05) is 12.1 Å². The van der Waals surface area contributed by atoms with Gasteiger partial charge in [-0.15, -0.1) is 11.3 Å². The summed E-state index contributed by atoms with van der Waals surface area (Å²) in [6.07, 6.45) is 1.65. The fourth-order valence-electron chi connectivity index (χ4n) is 3.98. The second-order valence-electron chi connectivity index (χ2n) is 7.31. The zero-order valence-electron chi connectivity index (χ0n) is 18.2. The number of hydrogen-bond acceptors (Lipinski definition) is 6. The van der Waals surface area contributed by atoms with E-state index in [2.05, 4.69) is 81.9 Å². The van der Waals surface area contributed by atoms with Crippen molar-refractivity contribution in [1.29, 1.82) is 0 Å². The van der Waals surface area contributed by atoms with Crippen LogP contribution in [0.2, 0.25) is 0 Å². The van der Waals surface area contributed by atoms with E-state index in [1.165, 1.54) is 5.56 Å². The van der Waals surface area contributed by atoms with Crippen molar-refractivity contribution in [2.45, 2.75) is 19.9 Å². The summed E-state index contributed by atoms with van der Waals surface area (Å²) in [4.78, 5) is 12.6. The van der Waals surface area contributed by atoms with Crippen LogP contribution in [0, 0.1) is 0 Å². The molecular formula is C25H28N4OS. The van der Waals surface area contributed by atoms with E-state index in [0.29, 0.717) is 0 Å². The summed E-state index contributed by atoms with van der Waals surface area (Å²) >= 11 is 1.65. The van der Waals surface area contributed by atoms with Crippen LogP contribution in [0.5, 0.6) is 5.75 Å². The minimum Gasteiger partial charge on any atom is -0.497 e. The van der Waals surface area contributed by atoms with Crippen molar-refractivity contribution in [3.05, 3.63) is 71.9 Å². The van der Waals surface area contributed by atoms with Crippen molar-refractivity contribution in [2.75, 3.05) is 32.1 Å². The lowest BCUT2D eigenvalue weighted by molar-refractivity contribution is 0.228. The monoisotopic (exact) mass is 432 g/mol. The second kappa shape index (κ2) is 9.90. The number of anilines is 1. The predicted octanol–water partition coefficient (Wildman–Crippen LogP) is 5.86. The minimum atomic E-state index is 0.268. The summed E-state index contributed by atoms with van der Waals surface area (Å²) < 4.78 is 5.31. The largest absolute Gasteiger partial charge is 0.497 e. The van der Waals surface area contributed by atoms with Gasteiger partial charge in [0.25, 0.3) is 0 Å². The Morgan fingerprint density at radius 3 is 2.42 bits per heavy atom. The van der Waals surface area contributed by atoms with Crippen molar-refractivity contribution in [1.82, 2.24) is 14.9 Å². The molecule has 0 aliphatic heterocycles. The fourth-order valence-corrected chi connectivity index (χ4v) is 4.90. The van der Waals surface area contributed by atoms with E-state index in [-0.39, 0.29) is 6.04 Å². The van der Waals surface area contributed by atoms with Crippen LogP contribution in [0.1, 0.15) is 25.5 Å². The molecule has 2 heterocycles. The number of benzene rings is 2. The van der Waals surface area contributed by atoms with Gasteiger partial charge < -0.3 is 10.1 Å². The highest BCUT2D eigenvalue weighted by molar-refractivity contribution is 7.17. The summed E-state index contributed by atoms with van der Waals surface area (Å²) in [5.41, 5.74) is 3.59. The van der Waals surface area contributed by atoms with Crippen molar-refractivity contribution in [3.8, 4) is 16.9 Å². The van der Waals surface area contributed by atoms with Crippen molar-refractivity contribution >= 4 is 27.4 Å². The molecule has 4 aromatic rings. The highest BCUT2D eigenvalue weighted by atomic mass is 32.1. The molecule has 0 amide bonds. The number of thiophene rings is 1. The number of nitrogens with one attached hydrogen (secondary N) is 1. The third-order valence-electron chi connectivity index (χ3n) is 5.67. The minimum absolute atomic E-state index is 0.268. The van der Waals surface area contributed by atoms with Gasteiger partial charge in [-0.2, -0.15) is 0 Å². The van der Waals surface area contributed by atoms with E-state index in [0.717, 1.165) is 52.5 Å². The molecule has 0 saturated carbocycles. The quantitative estimate of drug-likeness (QED) is 0.359. The lowest BCUT2D eigenvalue weighted by Crippen LogP contribution is -2.33. The van der Waals surface area contributed by atoms with Gasteiger partial charge in [-0.05, 0) is 36.3 Å². The molecule has 0 unspecified atom stereocenters. The second-order valence-corrected chi connectivity index (χ2v) is 8.17. The first-order valence-corrected chi connectivity index (χ1v) is 11.5. The zero-order valence-corrected chi connectivity index (χ0v) is 19.0. The number of likely N-dealkylation sites (N-methyl/N-ethyl adjacent to an activating group) is 1. The van der Waals surface area contributed by atoms with E-state index in [4.69, 9.17) is 4.74 Å². The maximum absolute atomic E-state index is 5.31. The Hall–Kier alpha value is -2.96. The topological polar surface area (TPSA) is 50.3 Å². The summed E-state index contributed by atoms with van der Waals surface area (Å²) in [5.74, 6) is 1.73. The van der Waals surface area contributed by atoms with E-state index >= 15 is 0 Å². The third-order valence-corrected chi connectivity index (χ3v) is 6.56. The Morgan fingerprint density at radius 2 is 1.74 bits per heavy atom. The van der Waals surface area contributed by atoms with Crippen LogP contribution < -0.4 is 10.1 Å². The van der Waals surface area contributed by atoms with E-state index < -0.39 is 0 Å². The molecule has 0 saturated heterocycles. The Kier molecular flexibility index (Phi) is 6.79. The maximum Gasteiger partial charge on any atom is 0.138 e. The molecule has 0 radical (unpaired) electrons. The molecule has 0 aliphatic carbocycles. The highest BCUT2D eigenvalue weighted by Gasteiger charge is 2.19. The van der Waals surface area contributed by atoms with Gasteiger partial charge >= 0.3 is 0 Å². The standard InChI is InChI=1S/C25H28N4OS/c1-4-29(5-2)22(19-9-7-6-8-10-19)15-26-24-23-21(16-31-25(23)28-17-27-24)18-11-13-20(30-3)14-12-18/h6-14,16-17,22H,4-5,15H2,1-3H3,(H,26,27,28)/t22-/m1/s1. The van der Waals surface area contributed by atoms with Crippen LogP contribution in [0.15, 0.2) is 66.3 Å². The Labute approximate surface area is 187 Å². The lowest BCUT2D eigenvalue weighted by Gasteiger charge is -2.30. The van der Waals surface area contributed by atoms with Gasteiger partial charge in [-0.3, -0.25) is 4.90 Å². The number of hydrogen-bond donors (Lipinski definition) is 1. The first kappa shape index (κ1) is 21.3. The average Bonchev–Trinajstić information content (AvgIpc) is 3.27. The summed E-state index contributed by atoms with van der Waals surface area (Å²) in [7, 11) is 1.68. The van der Waals surface area contributed by atoms with E-state index in [1.54, 1.807) is 24.8 Å². The molecule has 0 fully saturated rings. The van der Waals surface area contributed by atoms with Crippen LogP contribution in [0.4, 0.5) is 5.82 Å². The van der Waals surface area contributed by atoms with Crippen LogP contribution in [0.3, 0.4) is 0 Å². The zero-order chi connectivity index (χ0) is 21.6. The molecule has 4 rings (SSSR count). The first-order valence-electron chi connectivity index (χ1n) is 10.6. The van der Waals surface area contributed by atoms with Gasteiger partial charge in [-0.1, -0.05) is 56.3 Å². The van der Waals surface area contributed by atoms with Crippen LogP contribution in [0.25, 0.3) is 21.3 Å². The normalized spacial score (nSPS) is 12.3. The molecule has 5 nitrogen and oxygen atoms in total. The summed E-state index contributed by atoms with van der Waals surface area (Å²) in [6.45, 7) is 7.18. The lowest BCUT2D eigenvalue weighted by atomic mass is 10.0. The number of methoxy groups -OCH3 is 1. The molecule has 31 heavy (non-hydrogen) atoms. The molecule has 0 aliphatic rings. The van der Waals surface area contributed by atoms with Gasteiger partial charge in [0.15, 0.2) is 0 Å². The number of fused-ring (bicyclic) bond motifs is 1. The van der Waals surface area contributed by atoms with Crippen LogP contribution in [-0.2, 0) is 0 Å². The van der Waals surface area contributed by atoms with Gasteiger partial charge in [0.2, 0.25) is 0 Å². The number of ether oxygens (including phenoxy) is 1. The number of aromatic nitrogens is 2. The van der Waals surface area contributed by atoms with Crippen LogP contribution >= 0.6 is 11.3 Å². The summed E-state index contributed by atoms with van der Waals surface area (Å²) in [6, 6.07) is 19.1. The van der Waals surface area contributed by atoms with Gasteiger partial charge in [-0.25, -0.2) is 9.97 Å². The van der Waals surface area contributed by atoms with Crippen molar-refractivity contribution < 1.29 is 4.74 Å². The summed E-state index contributed by atoms with van der Waals surface area (Å²) in [5, 5.41) is 6.87. The van der Waals surface area contributed by atoms with Crippen molar-refractivity contribution in [3.63, 3.8) is 0 Å². The number of nitrogens with zero attached hydrogens (tertiary/aromatic N) is 3. The third kappa shape index (κ3) is 4.55. The Balaban J connectivity index is 1.66. The first-order chi connectivity index (χ1) is 15.2. The molecule has 0 spiro atoms. The molecule has 1 N–H and O–H groups in total. The van der Waals surface area contributed by atoms with Crippen molar-refractivity contribution in [2.24, 2.45) is 0 Å².